The molecule has 0 radical (unpaired) electrons. The van der Waals surface area contributed by atoms with Gasteiger partial charge in [-0.25, -0.2) is 4.98 Å². The van der Waals surface area contributed by atoms with Crippen LogP contribution in [0.5, 0.6) is 0 Å². The molecule has 0 atom stereocenters. The second-order valence-corrected chi connectivity index (χ2v) is 9.81. The van der Waals surface area contributed by atoms with E-state index in [4.69, 9.17) is 0 Å². The molecule has 172 valence electrons. The lowest BCUT2D eigenvalue weighted by molar-refractivity contribution is 0.233. The number of fused-ring (bicyclic) bond motifs is 1. The molecule has 0 amide bonds. The maximum Gasteiger partial charge on any atom is 0.284 e. The highest BCUT2D eigenvalue weighted by Gasteiger charge is 2.24. The average molecular weight is 474 g/mol. The van der Waals surface area contributed by atoms with Gasteiger partial charge in [-0.1, -0.05) is 24.3 Å². The number of rotatable bonds is 6. The quantitative estimate of drug-likeness (QED) is 0.439. The molecule has 0 bridgehead atoms. The first kappa shape index (κ1) is 22.0. The maximum absolute atomic E-state index is 13.3. The van der Waals surface area contributed by atoms with Gasteiger partial charge in [0.2, 0.25) is 0 Å². The van der Waals surface area contributed by atoms with E-state index in [1.165, 1.54) is 23.9 Å². The zero-order valence-corrected chi connectivity index (χ0v) is 19.2. The van der Waals surface area contributed by atoms with Crippen LogP contribution in [0.4, 0.5) is 11.5 Å². The average Bonchev–Trinajstić information content (AvgIpc) is 3.30. The molecule has 0 spiro atoms. The van der Waals surface area contributed by atoms with Crippen LogP contribution in [0.3, 0.4) is 0 Å². The van der Waals surface area contributed by atoms with E-state index >= 15 is 0 Å². The second-order valence-electron chi connectivity index (χ2n) is 8.08. The van der Waals surface area contributed by atoms with Crippen LogP contribution in [0.25, 0.3) is 10.9 Å². The number of nitriles is 1. The molecule has 34 heavy (non-hydrogen) atoms. The maximum atomic E-state index is 13.3. The van der Waals surface area contributed by atoms with Gasteiger partial charge in [0.15, 0.2) is 0 Å². The minimum absolute atomic E-state index is 0.0689. The van der Waals surface area contributed by atoms with Crippen LogP contribution in [0, 0.1) is 11.3 Å². The molecule has 3 heterocycles. The highest BCUT2D eigenvalue weighted by Crippen LogP contribution is 2.25. The number of aromatic nitrogens is 3. The van der Waals surface area contributed by atoms with E-state index in [0.717, 1.165) is 42.5 Å². The molecule has 4 aromatic rings. The molecule has 2 aromatic carbocycles. The van der Waals surface area contributed by atoms with E-state index in [1.807, 2.05) is 18.2 Å². The van der Waals surface area contributed by atoms with Crippen LogP contribution in [0.1, 0.15) is 11.1 Å². The van der Waals surface area contributed by atoms with Gasteiger partial charge in [-0.05, 0) is 29.8 Å². The third-order valence-electron chi connectivity index (χ3n) is 5.77. The number of nitrogens with one attached hydrogen (secondary N) is 2. The minimum Gasteiger partial charge on any atom is -0.340 e. The Morgan fingerprint density at radius 2 is 1.82 bits per heavy atom. The van der Waals surface area contributed by atoms with E-state index in [9.17, 15) is 13.7 Å². The molecule has 0 saturated carbocycles. The summed E-state index contributed by atoms with van der Waals surface area (Å²) in [5, 5.41) is 20.6. The van der Waals surface area contributed by atoms with Crippen molar-refractivity contribution >= 4 is 32.4 Å². The van der Waals surface area contributed by atoms with Crippen molar-refractivity contribution < 1.29 is 8.42 Å². The van der Waals surface area contributed by atoms with Crippen LogP contribution >= 0.6 is 0 Å². The van der Waals surface area contributed by atoms with Crippen molar-refractivity contribution in [1.82, 2.24) is 24.4 Å². The van der Waals surface area contributed by atoms with E-state index in [-0.39, 0.29) is 10.5 Å². The van der Waals surface area contributed by atoms with E-state index in [2.05, 4.69) is 37.7 Å². The third-order valence-corrected chi connectivity index (χ3v) is 7.43. The van der Waals surface area contributed by atoms with Crippen molar-refractivity contribution in [2.75, 3.05) is 31.5 Å². The standard InChI is InChI=1S/C24H23N7O2S/c25-14-19-3-1-2-4-23(19)34(32,33)31-22-13-24(27-15-20(22)16-28-31)29-21-7-5-18(6-8-21)17-30-11-9-26-10-12-30/h1-8,13,15-16,26H,9-12,17H2,(H,27,29). The normalized spacial score (nSPS) is 14.7. The molecule has 9 nitrogen and oxygen atoms in total. The lowest BCUT2D eigenvalue weighted by Gasteiger charge is -2.27. The first-order valence-electron chi connectivity index (χ1n) is 10.9. The molecular weight excluding hydrogens is 450 g/mol. The van der Waals surface area contributed by atoms with Gasteiger partial charge in [0.25, 0.3) is 10.0 Å². The van der Waals surface area contributed by atoms with E-state index in [1.54, 1.807) is 24.4 Å². The fraction of sp³-hybridized carbons (Fsp3) is 0.208. The minimum atomic E-state index is -4.06. The second kappa shape index (κ2) is 9.23. The summed E-state index contributed by atoms with van der Waals surface area (Å²) in [6, 6.07) is 17.8. The Kier molecular flexibility index (Phi) is 5.98. The summed E-state index contributed by atoms with van der Waals surface area (Å²) in [4.78, 5) is 6.72. The van der Waals surface area contributed by atoms with Crippen LogP contribution in [0.2, 0.25) is 0 Å². The Balaban J connectivity index is 1.39. The number of hydrogen-bond acceptors (Lipinski definition) is 8. The SMILES string of the molecule is N#Cc1ccccc1S(=O)(=O)n1ncc2cnc(Nc3ccc(CN4CCNCC4)cc3)cc21. The summed E-state index contributed by atoms with van der Waals surface area (Å²) in [6.07, 6.45) is 3.02. The number of nitrogens with zero attached hydrogens (tertiary/aromatic N) is 5. The van der Waals surface area contributed by atoms with Crippen molar-refractivity contribution in [3.05, 3.63) is 78.1 Å². The summed E-state index contributed by atoms with van der Waals surface area (Å²) in [5.74, 6) is 0.493. The summed E-state index contributed by atoms with van der Waals surface area (Å²) in [7, 11) is -4.06. The Bertz CT molecular complexity index is 1470. The topological polar surface area (TPSA) is 116 Å². The molecule has 1 aliphatic heterocycles. The van der Waals surface area contributed by atoms with Crippen molar-refractivity contribution in [3.63, 3.8) is 0 Å². The van der Waals surface area contributed by atoms with Gasteiger partial charge in [0.05, 0.1) is 17.3 Å². The molecule has 0 aliphatic carbocycles. The van der Waals surface area contributed by atoms with Gasteiger partial charge in [0.1, 0.15) is 16.8 Å². The fourth-order valence-corrected chi connectivity index (χ4v) is 5.42. The van der Waals surface area contributed by atoms with Crippen LogP contribution in [0.15, 0.2) is 71.9 Å². The van der Waals surface area contributed by atoms with Gasteiger partial charge in [0, 0.05) is 56.1 Å². The summed E-state index contributed by atoms with van der Waals surface area (Å²) < 4.78 is 27.5. The van der Waals surface area contributed by atoms with Gasteiger partial charge < -0.3 is 10.6 Å². The Morgan fingerprint density at radius 1 is 1.06 bits per heavy atom. The van der Waals surface area contributed by atoms with Gasteiger partial charge in [-0.2, -0.15) is 22.9 Å². The smallest absolute Gasteiger partial charge is 0.284 e. The number of pyridine rings is 1. The molecule has 5 rings (SSSR count). The molecule has 1 aliphatic rings. The summed E-state index contributed by atoms with van der Waals surface area (Å²) >= 11 is 0. The highest BCUT2D eigenvalue weighted by atomic mass is 32.2. The molecular formula is C24H23N7O2S. The summed E-state index contributed by atoms with van der Waals surface area (Å²) in [5.41, 5.74) is 2.52. The number of piperazine rings is 1. The van der Waals surface area contributed by atoms with Crippen LogP contribution in [-0.4, -0.2) is 53.7 Å². The molecule has 2 N–H and O–H groups in total. The first-order valence-corrected chi connectivity index (χ1v) is 12.4. The van der Waals surface area contributed by atoms with Crippen molar-refractivity contribution in [2.45, 2.75) is 11.4 Å². The van der Waals surface area contributed by atoms with Crippen LogP contribution < -0.4 is 10.6 Å². The number of benzene rings is 2. The zero-order chi connectivity index (χ0) is 23.5. The molecule has 10 heteroatoms. The third kappa shape index (κ3) is 4.36. The van der Waals surface area contributed by atoms with Crippen molar-refractivity contribution in [1.29, 1.82) is 5.26 Å². The lowest BCUT2D eigenvalue weighted by Crippen LogP contribution is -2.42. The van der Waals surface area contributed by atoms with Gasteiger partial charge >= 0.3 is 0 Å². The molecule has 1 fully saturated rings. The number of hydrogen-bond donors (Lipinski definition) is 2. The molecule has 2 aromatic heterocycles. The Labute approximate surface area is 197 Å². The Hall–Kier alpha value is -3.78. The van der Waals surface area contributed by atoms with Gasteiger partial charge in [-0.15, -0.1) is 0 Å². The monoisotopic (exact) mass is 473 g/mol. The first-order chi connectivity index (χ1) is 16.5. The van der Waals surface area contributed by atoms with Crippen molar-refractivity contribution in [2.24, 2.45) is 0 Å². The van der Waals surface area contributed by atoms with Gasteiger partial charge in [-0.3, -0.25) is 4.90 Å². The number of anilines is 2. The van der Waals surface area contributed by atoms with E-state index < -0.39 is 10.0 Å². The molecule has 0 unspecified atom stereocenters. The predicted octanol–water partition coefficient (Wildman–Crippen LogP) is 2.69. The molecule has 1 saturated heterocycles. The van der Waals surface area contributed by atoms with E-state index in [0.29, 0.717) is 16.7 Å². The summed E-state index contributed by atoms with van der Waals surface area (Å²) in [6.45, 7) is 5.02. The lowest BCUT2D eigenvalue weighted by atomic mass is 10.2. The Morgan fingerprint density at radius 3 is 2.59 bits per heavy atom. The largest absolute Gasteiger partial charge is 0.340 e. The van der Waals surface area contributed by atoms with Crippen LogP contribution in [-0.2, 0) is 16.6 Å². The van der Waals surface area contributed by atoms with Crippen molar-refractivity contribution in [3.8, 4) is 6.07 Å². The predicted molar refractivity (Wildman–Crippen MR) is 129 cm³/mol. The fourth-order valence-electron chi connectivity index (χ4n) is 4.00. The highest BCUT2D eigenvalue weighted by molar-refractivity contribution is 7.90. The zero-order valence-electron chi connectivity index (χ0n) is 18.3.